The highest BCUT2D eigenvalue weighted by Crippen LogP contribution is 2.26. The Labute approximate surface area is 185 Å². The molecule has 166 valence electrons. The van der Waals surface area contributed by atoms with Gasteiger partial charge in [-0.1, -0.05) is 18.2 Å². The van der Waals surface area contributed by atoms with Crippen LogP contribution in [0.25, 0.3) is 10.9 Å². The molecule has 3 aromatic heterocycles. The van der Waals surface area contributed by atoms with Crippen molar-refractivity contribution >= 4 is 10.9 Å². The summed E-state index contributed by atoms with van der Waals surface area (Å²) in [7, 11) is 0. The zero-order valence-electron chi connectivity index (χ0n) is 17.7. The summed E-state index contributed by atoms with van der Waals surface area (Å²) in [6, 6.07) is 8.99. The van der Waals surface area contributed by atoms with Gasteiger partial charge in [0.1, 0.15) is 17.3 Å². The molecule has 2 N–H and O–H groups in total. The van der Waals surface area contributed by atoms with E-state index in [0.717, 1.165) is 50.0 Å². The fourth-order valence-corrected chi connectivity index (χ4v) is 4.09. The molecule has 4 aromatic rings. The van der Waals surface area contributed by atoms with Gasteiger partial charge in [0.25, 0.3) is 0 Å². The zero-order chi connectivity index (χ0) is 21.8. The van der Waals surface area contributed by atoms with E-state index in [9.17, 15) is 5.11 Å². The smallest absolute Gasteiger partial charge is 0.174 e. The van der Waals surface area contributed by atoms with Gasteiger partial charge >= 0.3 is 0 Å². The van der Waals surface area contributed by atoms with E-state index in [1.807, 2.05) is 41.4 Å². The van der Waals surface area contributed by atoms with Crippen LogP contribution in [-0.2, 0) is 17.8 Å². The predicted octanol–water partition coefficient (Wildman–Crippen LogP) is 2.07. The van der Waals surface area contributed by atoms with Gasteiger partial charge < -0.3 is 19.7 Å². The van der Waals surface area contributed by atoms with Crippen LogP contribution in [0.15, 0.2) is 49.1 Å². The van der Waals surface area contributed by atoms with Crippen LogP contribution in [0.3, 0.4) is 0 Å². The molecule has 5 rings (SSSR count). The van der Waals surface area contributed by atoms with Gasteiger partial charge in [0.2, 0.25) is 0 Å². The molecule has 0 amide bonds. The monoisotopic (exact) mass is 434 g/mol. The second-order valence-electron chi connectivity index (χ2n) is 7.98. The van der Waals surface area contributed by atoms with Crippen LogP contribution in [-0.4, -0.2) is 59.1 Å². The quantitative estimate of drug-likeness (QED) is 0.385. The van der Waals surface area contributed by atoms with Crippen molar-refractivity contribution in [1.82, 2.24) is 40.1 Å². The number of nitrogens with zero attached hydrogens (tertiary/aromatic N) is 7. The molecular formula is C22H26N8O2. The van der Waals surface area contributed by atoms with Crippen LogP contribution in [0.5, 0.6) is 5.75 Å². The summed E-state index contributed by atoms with van der Waals surface area (Å²) < 4.78 is 9.64. The molecule has 0 aliphatic carbocycles. The molecule has 1 aliphatic rings. The van der Waals surface area contributed by atoms with Crippen molar-refractivity contribution in [3.63, 3.8) is 0 Å². The van der Waals surface area contributed by atoms with E-state index in [2.05, 4.69) is 25.8 Å². The number of imidazole rings is 1. The number of benzene rings is 1. The first-order valence-electron chi connectivity index (χ1n) is 10.9. The lowest BCUT2D eigenvalue weighted by molar-refractivity contribution is 0.0923. The van der Waals surface area contributed by atoms with E-state index < -0.39 is 0 Å². The van der Waals surface area contributed by atoms with Crippen LogP contribution in [0.4, 0.5) is 0 Å². The van der Waals surface area contributed by atoms with Crippen molar-refractivity contribution < 1.29 is 9.84 Å². The van der Waals surface area contributed by atoms with E-state index >= 15 is 0 Å². The standard InChI is InChI=1S/C22H26N8O2/c31-19-6-1-4-16-7-8-18(25-20(16)19)21(24-9-3-11-29-12-10-23-15-29)22-26-27-28-30(22)14-17-5-2-13-32-17/h1,4,6-8,10,12,15,17,21,24,31H,2-3,5,9,11,13-14H2/t17-,21?/m0/s1. The maximum Gasteiger partial charge on any atom is 0.174 e. The summed E-state index contributed by atoms with van der Waals surface area (Å²) in [6.07, 6.45) is 8.63. The maximum atomic E-state index is 10.3. The van der Waals surface area contributed by atoms with E-state index in [1.54, 1.807) is 16.9 Å². The first-order chi connectivity index (χ1) is 15.8. The highest BCUT2D eigenvalue weighted by Gasteiger charge is 2.25. The summed E-state index contributed by atoms with van der Waals surface area (Å²) in [5, 5.41) is 27.3. The lowest BCUT2D eigenvalue weighted by Gasteiger charge is -2.19. The number of para-hydroxylation sites is 1. The highest BCUT2D eigenvalue weighted by atomic mass is 16.5. The molecule has 4 heterocycles. The van der Waals surface area contributed by atoms with Crippen LogP contribution in [0.1, 0.15) is 36.8 Å². The normalized spacial score (nSPS) is 17.2. The van der Waals surface area contributed by atoms with E-state index in [1.165, 1.54) is 0 Å². The molecule has 2 atom stereocenters. The number of nitrogens with one attached hydrogen (secondary N) is 1. The Balaban J connectivity index is 1.41. The fourth-order valence-electron chi connectivity index (χ4n) is 4.09. The number of tetrazole rings is 1. The number of aromatic nitrogens is 7. The molecule has 1 aromatic carbocycles. The van der Waals surface area contributed by atoms with Crippen molar-refractivity contribution in [2.75, 3.05) is 13.2 Å². The summed E-state index contributed by atoms with van der Waals surface area (Å²) in [6.45, 7) is 2.97. The largest absolute Gasteiger partial charge is 0.506 e. The van der Waals surface area contributed by atoms with Gasteiger partial charge in [-0.3, -0.25) is 0 Å². The van der Waals surface area contributed by atoms with Crippen LogP contribution < -0.4 is 5.32 Å². The molecule has 0 bridgehead atoms. The molecule has 10 nitrogen and oxygen atoms in total. The Morgan fingerprint density at radius 3 is 3.06 bits per heavy atom. The lowest BCUT2D eigenvalue weighted by Crippen LogP contribution is -2.29. The Morgan fingerprint density at radius 1 is 1.25 bits per heavy atom. The third-order valence-electron chi connectivity index (χ3n) is 5.74. The molecule has 0 spiro atoms. The highest BCUT2D eigenvalue weighted by molar-refractivity contribution is 5.84. The van der Waals surface area contributed by atoms with E-state index in [0.29, 0.717) is 17.9 Å². The van der Waals surface area contributed by atoms with Crippen LogP contribution in [0.2, 0.25) is 0 Å². The minimum absolute atomic E-state index is 0.118. The molecule has 1 unspecified atom stereocenters. The van der Waals surface area contributed by atoms with Crippen molar-refractivity contribution in [2.45, 2.75) is 44.5 Å². The topological polar surface area (TPSA) is 116 Å². The van der Waals surface area contributed by atoms with E-state index in [-0.39, 0.29) is 17.9 Å². The zero-order valence-corrected chi connectivity index (χ0v) is 17.7. The summed E-state index contributed by atoms with van der Waals surface area (Å²) in [5.41, 5.74) is 1.32. The van der Waals surface area contributed by atoms with Gasteiger partial charge in [0.15, 0.2) is 5.82 Å². The van der Waals surface area contributed by atoms with Crippen LogP contribution >= 0.6 is 0 Å². The van der Waals surface area contributed by atoms with Gasteiger partial charge in [-0.15, -0.1) is 5.10 Å². The molecule has 1 saturated heterocycles. The van der Waals surface area contributed by atoms with Gasteiger partial charge in [-0.05, 0) is 48.4 Å². The number of rotatable bonds is 9. The Bertz CT molecular complexity index is 1150. The Kier molecular flexibility index (Phi) is 6.04. The first-order valence-corrected chi connectivity index (χ1v) is 10.9. The molecule has 1 aliphatic heterocycles. The molecular weight excluding hydrogens is 408 g/mol. The van der Waals surface area contributed by atoms with Crippen molar-refractivity contribution in [3.8, 4) is 5.75 Å². The summed E-state index contributed by atoms with van der Waals surface area (Å²) in [5.74, 6) is 0.840. The number of aryl methyl sites for hydroxylation is 1. The Morgan fingerprint density at radius 2 is 2.22 bits per heavy atom. The SMILES string of the molecule is Oc1cccc2ccc(C(NCCCn3ccnc3)c3nnnn3C[C@@H]3CCCO3)nc12. The van der Waals surface area contributed by atoms with Crippen molar-refractivity contribution in [2.24, 2.45) is 0 Å². The number of aromatic hydroxyl groups is 1. The predicted molar refractivity (Wildman–Crippen MR) is 117 cm³/mol. The minimum Gasteiger partial charge on any atom is -0.506 e. The van der Waals surface area contributed by atoms with Gasteiger partial charge in [-0.2, -0.15) is 0 Å². The molecule has 32 heavy (non-hydrogen) atoms. The summed E-state index contributed by atoms with van der Waals surface area (Å²) >= 11 is 0. The second kappa shape index (κ2) is 9.41. The van der Waals surface area contributed by atoms with Crippen molar-refractivity contribution in [1.29, 1.82) is 0 Å². The number of phenols is 1. The van der Waals surface area contributed by atoms with E-state index in [4.69, 9.17) is 9.72 Å². The third-order valence-corrected chi connectivity index (χ3v) is 5.74. The Hall–Kier alpha value is -3.37. The number of hydrogen-bond donors (Lipinski definition) is 2. The summed E-state index contributed by atoms with van der Waals surface area (Å²) in [4.78, 5) is 8.85. The first kappa shape index (κ1) is 20.5. The lowest BCUT2D eigenvalue weighted by atomic mass is 10.1. The average molecular weight is 435 g/mol. The van der Waals surface area contributed by atoms with Gasteiger partial charge in [0, 0.05) is 30.9 Å². The molecule has 0 radical (unpaired) electrons. The van der Waals surface area contributed by atoms with Gasteiger partial charge in [-0.25, -0.2) is 14.6 Å². The number of phenolic OH excluding ortho intramolecular Hbond substituents is 1. The number of pyridine rings is 1. The molecule has 0 saturated carbocycles. The molecule has 10 heteroatoms. The number of ether oxygens (including phenoxy) is 1. The second-order valence-corrected chi connectivity index (χ2v) is 7.98. The molecule has 1 fully saturated rings. The minimum atomic E-state index is -0.321. The maximum absolute atomic E-state index is 10.3. The number of fused-ring (bicyclic) bond motifs is 1. The third kappa shape index (κ3) is 4.46. The number of hydrogen-bond acceptors (Lipinski definition) is 8. The van der Waals surface area contributed by atoms with Crippen molar-refractivity contribution in [3.05, 3.63) is 60.6 Å². The van der Waals surface area contributed by atoms with Crippen LogP contribution in [0, 0.1) is 0 Å². The fraction of sp³-hybridized carbons (Fsp3) is 0.409. The van der Waals surface area contributed by atoms with Gasteiger partial charge in [0.05, 0.1) is 24.7 Å². The average Bonchev–Trinajstić information content (AvgIpc) is 3.58.